The van der Waals surface area contributed by atoms with E-state index < -0.39 is 0 Å². The zero-order chi connectivity index (χ0) is 24.5. The molecule has 9 nitrogen and oxygen atoms in total. The number of hydrogen-bond acceptors (Lipinski definition) is 7. The minimum Gasteiger partial charge on any atom is -0.375 e. The van der Waals surface area contributed by atoms with Crippen LogP contribution in [0.3, 0.4) is 0 Å². The number of fused-ring (bicyclic) bond motifs is 1. The maximum Gasteiger partial charge on any atom is 0.291 e. The van der Waals surface area contributed by atoms with Gasteiger partial charge in [0.1, 0.15) is 17.9 Å². The number of para-hydroxylation sites is 1. The van der Waals surface area contributed by atoms with Crippen LogP contribution in [0.1, 0.15) is 44.2 Å². The summed E-state index contributed by atoms with van der Waals surface area (Å²) in [5.41, 5.74) is 1.19. The smallest absolute Gasteiger partial charge is 0.291 e. The molecule has 2 aliphatic rings. The van der Waals surface area contributed by atoms with E-state index in [1.807, 2.05) is 24.8 Å². The van der Waals surface area contributed by atoms with Crippen LogP contribution in [0, 0.1) is 17.7 Å². The molecule has 2 aromatic heterocycles. The first kappa shape index (κ1) is 23.9. The van der Waals surface area contributed by atoms with Gasteiger partial charge in [0.05, 0.1) is 5.69 Å². The number of likely N-dealkylation sites (tertiary alicyclic amines) is 2. The molecule has 1 aromatic carbocycles. The van der Waals surface area contributed by atoms with E-state index in [-0.39, 0.29) is 30.2 Å². The molecule has 0 radical (unpaired) electrons. The molecule has 0 saturated carbocycles. The molecule has 0 N–H and O–H groups in total. The summed E-state index contributed by atoms with van der Waals surface area (Å²) in [7, 11) is 1.56. The van der Waals surface area contributed by atoms with Gasteiger partial charge in [-0.3, -0.25) is 4.79 Å². The molecule has 0 bridgehead atoms. The number of aromatic nitrogens is 4. The third-order valence-corrected chi connectivity index (χ3v) is 7.13. The molecule has 5 rings (SSSR count). The summed E-state index contributed by atoms with van der Waals surface area (Å²) in [5, 5.41) is 9.50. The van der Waals surface area contributed by atoms with E-state index in [1.54, 1.807) is 13.2 Å². The van der Waals surface area contributed by atoms with Crippen molar-refractivity contribution in [1.29, 1.82) is 0 Å². The van der Waals surface area contributed by atoms with Gasteiger partial charge in [-0.15, -0.1) is 0 Å². The third kappa shape index (κ3) is 4.95. The predicted octanol–water partition coefficient (Wildman–Crippen LogP) is 3.03. The molecule has 3 aromatic rings. The molecule has 0 aliphatic carbocycles. The Bertz CT molecular complexity index is 1190. The summed E-state index contributed by atoms with van der Waals surface area (Å²) < 4.78 is 26.7. The van der Waals surface area contributed by atoms with Crippen molar-refractivity contribution in [3.05, 3.63) is 35.6 Å². The van der Waals surface area contributed by atoms with Crippen LogP contribution in [0.4, 0.5) is 4.39 Å². The standard InChI is InChI=1S/C25H33FN6O3/c1-16(2)23-19-5-4-6-20(26)24(19)32(28-23)25-27-21(35-29-25)11-17-7-9-30(12-17)13-18-8-10-31(14-18)22(33)15-34-3/h4-6,16-18H,7-15H2,1-3H3/t17-,18?/m0/s1. The second kappa shape index (κ2) is 10.0. The van der Waals surface area contributed by atoms with E-state index in [1.165, 1.54) is 10.7 Å². The van der Waals surface area contributed by atoms with Crippen molar-refractivity contribution >= 4 is 16.8 Å². The topological polar surface area (TPSA) is 89.5 Å². The number of halogens is 1. The maximum absolute atomic E-state index is 14.7. The van der Waals surface area contributed by atoms with Crippen LogP contribution in [-0.4, -0.2) is 82.1 Å². The van der Waals surface area contributed by atoms with Crippen LogP contribution in [0.2, 0.25) is 0 Å². The number of amides is 1. The first-order chi connectivity index (χ1) is 16.9. The molecule has 188 valence electrons. The quantitative estimate of drug-likeness (QED) is 0.486. The molecule has 2 atom stereocenters. The number of methoxy groups -OCH3 is 1. The van der Waals surface area contributed by atoms with Crippen molar-refractivity contribution in [1.82, 2.24) is 29.7 Å². The number of hydrogen-bond donors (Lipinski definition) is 0. The number of carbonyl (C=O) groups excluding carboxylic acids is 1. The van der Waals surface area contributed by atoms with Crippen molar-refractivity contribution < 1.29 is 18.4 Å². The molecule has 35 heavy (non-hydrogen) atoms. The number of carbonyl (C=O) groups is 1. The molecule has 1 unspecified atom stereocenters. The van der Waals surface area contributed by atoms with Gasteiger partial charge in [-0.05, 0) is 48.4 Å². The minimum absolute atomic E-state index is 0.0758. The van der Waals surface area contributed by atoms with Gasteiger partial charge < -0.3 is 19.1 Å². The lowest BCUT2D eigenvalue weighted by atomic mass is 10.1. The number of nitrogens with zero attached hydrogens (tertiary/aromatic N) is 6. The third-order valence-electron chi connectivity index (χ3n) is 7.13. The Morgan fingerprint density at radius 3 is 2.86 bits per heavy atom. The molecule has 4 heterocycles. The maximum atomic E-state index is 14.7. The second-order valence-corrected chi connectivity index (χ2v) is 10.1. The molecule has 10 heteroatoms. The van der Waals surface area contributed by atoms with E-state index >= 15 is 0 Å². The van der Waals surface area contributed by atoms with Crippen molar-refractivity contribution in [3.63, 3.8) is 0 Å². The molecular formula is C25H33FN6O3. The average Bonchev–Trinajstić information content (AvgIpc) is 3.61. The zero-order valence-corrected chi connectivity index (χ0v) is 20.6. The fraction of sp³-hybridized carbons (Fsp3) is 0.600. The van der Waals surface area contributed by atoms with E-state index in [9.17, 15) is 9.18 Å². The molecular weight excluding hydrogens is 451 g/mol. The van der Waals surface area contributed by atoms with Crippen LogP contribution >= 0.6 is 0 Å². The summed E-state index contributed by atoms with van der Waals surface area (Å²) in [4.78, 5) is 21.0. The first-order valence-corrected chi connectivity index (χ1v) is 12.4. The SMILES string of the molecule is COCC(=O)N1CCC(CN2CC[C@@H](Cc3nc(-n4nc(C(C)C)c5cccc(F)c54)no3)C2)C1. The van der Waals surface area contributed by atoms with Gasteiger partial charge in [0, 0.05) is 45.1 Å². The fourth-order valence-corrected chi connectivity index (χ4v) is 5.42. The second-order valence-electron chi connectivity index (χ2n) is 10.1. The van der Waals surface area contributed by atoms with Gasteiger partial charge in [0.25, 0.3) is 5.95 Å². The lowest BCUT2D eigenvalue weighted by Gasteiger charge is -2.21. The summed E-state index contributed by atoms with van der Waals surface area (Å²) >= 11 is 0. The van der Waals surface area contributed by atoms with Crippen LogP contribution in [0.5, 0.6) is 0 Å². The van der Waals surface area contributed by atoms with E-state index in [4.69, 9.17) is 9.26 Å². The monoisotopic (exact) mass is 484 g/mol. The Kier molecular flexibility index (Phi) is 6.84. The lowest BCUT2D eigenvalue weighted by Crippen LogP contribution is -2.34. The van der Waals surface area contributed by atoms with Crippen LogP contribution in [0.15, 0.2) is 22.7 Å². The molecule has 2 aliphatic heterocycles. The normalized spacial score (nSPS) is 21.1. The van der Waals surface area contributed by atoms with Crippen molar-refractivity contribution in [2.75, 3.05) is 46.4 Å². The van der Waals surface area contributed by atoms with Crippen LogP contribution < -0.4 is 0 Å². The van der Waals surface area contributed by atoms with E-state index in [0.717, 1.165) is 56.6 Å². The highest BCUT2D eigenvalue weighted by Crippen LogP contribution is 2.29. The Hall–Kier alpha value is -2.85. The Morgan fingerprint density at radius 2 is 2.06 bits per heavy atom. The van der Waals surface area contributed by atoms with Gasteiger partial charge in [0.15, 0.2) is 0 Å². The number of rotatable bonds is 8. The Morgan fingerprint density at radius 1 is 1.23 bits per heavy atom. The summed E-state index contributed by atoms with van der Waals surface area (Å²) in [6.45, 7) is 8.84. The molecule has 1 amide bonds. The zero-order valence-electron chi connectivity index (χ0n) is 20.6. The summed E-state index contributed by atoms with van der Waals surface area (Å²) in [6, 6.07) is 5.00. The summed E-state index contributed by atoms with van der Waals surface area (Å²) in [6.07, 6.45) is 2.79. The molecule has 2 fully saturated rings. The molecule has 2 saturated heterocycles. The van der Waals surface area contributed by atoms with Crippen LogP contribution in [0.25, 0.3) is 16.9 Å². The Labute approximate surface area is 204 Å². The van der Waals surface area contributed by atoms with Crippen molar-refractivity contribution in [3.8, 4) is 5.95 Å². The Balaban J connectivity index is 1.21. The lowest BCUT2D eigenvalue weighted by molar-refractivity contribution is -0.134. The van der Waals surface area contributed by atoms with Crippen LogP contribution in [-0.2, 0) is 16.0 Å². The van der Waals surface area contributed by atoms with Crippen molar-refractivity contribution in [2.45, 2.75) is 39.0 Å². The highest BCUT2D eigenvalue weighted by Gasteiger charge is 2.31. The van der Waals surface area contributed by atoms with Crippen molar-refractivity contribution in [2.24, 2.45) is 11.8 Å². The summed E-state index contributed by atoms with van der Waals surface area (Å²) in [5.74, 6) is 1.61. The van der Waals surface area contributed by atoms with E-state index in [0.29, 0.717) is 29.7 Å². The van der Waals surface area contributed by atoms with Gasteiger partial charge >= 0.3 is 0 Å². The highest BCUT2D eigenvalue weighted by molar-refractivity contribution is 5.84. The van der Waals surface area contributed by atoms with E-state index in [2.05, 4.69) is 20.1 Å². The van der Waals surface area contributed by atoms with Gasteiger partial charge in [-0.2, -0.15) is 14.8 Å². The average molecular weight is 485 g/mol. The molecule has 0 spiro atoms. The van der Waals surface area contributed by atoms with Gasteiger partial charge in [-0.1, -0.05) is 26.0 Å². The fourth-order valence-electron chi connectivity index (χ4n) is 5.42. The van der Waals surface area contributed by atoms with Gasteiger partial charge in [-0.25, -0.2) is 4.39 Å². The number of ether oxygens (including phenoxy) is 1. The predicted molar refractivity (Wildman–Crippen MR) is 128 cm³/mol. The highest BCUT2D eigenvalue weighted by atomic mass is 19.1. The largest absolute Gasteiger partial charge is 0.375 e. The minimum atomic E-state index is -0.353. The van der Waals surface area contributed by atoms with Gasteiger partial charge in [0.2, 0.25) is 11.8 Å². The number of benzene rings is 1. The first-order valence-electron chi connectivity index (χ1n) is 12.4.